The van der Waals surface area contributed by atoms with Gasteiger partial charge < -0.3 is 0 Å². The lowest BCUT2D eigenvalue weighted by Gasteiger charge is -2.21. The van der Waals surface area contributed by atoms with Gasteiger partial charge in [-0.15, -0.1) is 0 Å². The molecule has 1 aromatic carbocycles. The van der Waals surface area contributed by atoms with Gasteiger partial charge in [0.15, 0.2) is 5.71 Å². The summed E-state index contributed by atoms with van der Waals surface area (Å²) in [5.41, 5.74) is 9.19. The molecule has 0 saturated heterocycles. The van der Waals surface area contributed by atoms with Gasteiger partial charge in [-0.05, 0) is 50.3 Å². The van der Waals surface area contributed by atoms with Crippen LogP contribution in [0.2, 0.25) is 0 Å². The SMILES string of the molecule is CCc1cc2c(c(CC)c1C)C(C)(C)C(C)=[N+]2C. The van der Waals surface area contributed by atoms with Crippen LogP contribution in [0.1, 0.15) is 56.9 Å². The van der Waals surface area contributed by atoms with E-state index in [4.69, 9.17) is 0 Å². The van der Waals surface area contributed by atoms with Gasteiger partial charge in [0.25, 0.3) is 0 Å². The topological polar surface area (TPSA) is 3.01 Å². The van der Waals surface area contributed by atoms with Gasteiger partial charge in [0.05, 0.1) is 5.41 Å². The molecule has 1 aromatic rings. The summed E-state index contributed by atoms with van der Waals surface area (Å²) in [6.07, 6.45) is 2.26. The van der Waals surface area contributed by atoms with Crippen LogP contribution in [0.25, 0.3) is 0 Å². The number of fused-ring (bicyclic) bond motifs is 1. The average molecular weight is 244 g/mol. The molecule has 0 aromatic heterocycles. The Morgan fingerprint density at radius 2 is 1.72 bits per heavy atom. The third kappa shape index (κ3) is 1.56. The van der Waals surface area contributed by atoms with Crippen LogP contribution in [-0.4, -0.2) is 17.3 Å². The summed E-state index contributed by atoms with van der Waals surface area (Å²) in [5.74, 6) is 0. The third-order valence-electron chi connectivity index (χ3n) is 4.93. The van der Waals surface area contributed by atoms with Crippen LogP contribution in [0, 0.1) is 6.92 Å². The predicted octanol–water partition coefficient (Wildman–Crippen LogP) is 4.15. The molecule has 0 saturated carbocycles. The van der Waals surface area contributed by atoms with E-state index in [1.54, 1.807) is 11.1 Å². The van der Waals surface area contributed by atoms with Crippen LogP contribution < -0.4 is 0 Å². The number of aryl methyl sites for hydroxylation is 1. The highest BCUT2D eigenvalue weighted by atomic mass is 15.0. The minimum atomic E-state index is 0.173. The first kappa shape index (κ1) is 13.3. The third-order valence-corrected chi connectivity index (χ3v) is 4.93. The Morgan fingerprint density at radius 3 is 2.22 bits per heavy atom. The number of hydrogen-bond donors (Lipinski definition) is 0. The minimum Gasteiger partial charge on any atom is -0.202 e. The quantitative estimate of drug-likeness (QED) is 0.688. The van der Waals surface area contributed by atoms with Crippen molar-refractivity contribution in [3.8, 4) is 0 Å². The Hall–Kier alpha value is -1.11. The second kappa shape index (κ2) is 4.22. The molecule has 18 heavy (non-hydrogen) atoms. The van der Waals surface area contributed by atoms with Gasteiger partial charge in [0.1, 0.15) is 7.05 Å². The second-order valence-corrected chi connectivity index (χ2v) is 6.01. The lowest BCUT2D eigenvalue weighted by atomic mass is 9.77. The fourth-order valence-electron chi connectivity index (χ4n) is 3.43. The predicted molar refractivity (Wildman–Crippen MR) is 79.5 cm³/mol. The highest BCUT2D eigenvalue weighted by molar-refractivity contribution is 5.94. The normalized spacial score (nSPS) is 17.3. The maximum Gasteiger partial charge on any atom is 0.209 e. The van der Waals surface area contributed by atoms with E-state index < -0.39 is 0 Å². The molecule has 0 N–H and O–H groups in total. The van der Waals surface area contributed by atoms with Crippen molar-refractivity contribution >= 4 is 11.4 Å². The number of hydrogen-bond acceptors (Lipinski definition) is 0. The lowest BCUT2D eigenvalue weighted by Crippen LogP contribution is -2.26. The van der Waals surface area contributed by atoms with Crippen LogP contribution in [0.4, 0.5) is 5.69 Å². The smallest absolute Gasteiger partial charge is 0.202 e. The van der Waals surface area contributed by atoms with Crippen LogP contribution in [0.15, 0.2) is 6.07 Å². The van der Waals surface area contributed by atoms with Crippen LogP contribution in [0.5, 0.6) is 0 Å². The Morgan fingerprint density at radius 1 is 1.11 bits per heavy atom. The van der Waals surface area contributed by atoms with Crippen molar-refractivity contribution in [1.82, 2.24) is 0 Å². The summed E-state index contributed by atoms with van der Waals surface area (Å²) in [4.78, 5) is 0. The van der Waals surface area contributed by atoms with Crippen LogP contribution in [0.3, 0.4) is 0 Å². The standard InChI is InChI=1S/C17H26N/c1-8-13-10-15-16(14(9-2)11(13)3)17(5,6)12(4)18(15)7/h10H,8-9H2,1-7H3/q+1. The van der Waals surface area contributed by atoms with E-state index in [0.29, 0.717) is 0 Å². The highest BCUT2D eigenvalue weighted by Crippen LogP contribution is 2.43. The van der Waals surface area contributed by atoms with Crippen molar-refractivity contribution < 1.29 is 4.58 Å². The van der Waals surface area contributed by atoms with E-state index in [0.717, 1.165) is 12.8 Å². The van der Waals surface area contributed by atoms with Crippen LogP contribution >= 0.6 is 0 Å². The van der Waals surface area contributed by atoms with Gasteiger partial charge >= 0.3 is 0 Å². The number of rotatable bonds is 2. The molecule has 1 aliphatic heterocycles. The summed E-state index contributed by atoms with van der Waals surface area (Å²) in [6.45, 7) is 13.8. The van der Waals surface area contributed by atoms with E-state index in [9.17, 15) is 0 Å². The number of nitrogens with zero attached hydrogens (tertiary/aromatic N) is 1. The summed E-state index contributed by atoms with van der Waals surface area (Å²) in [6, 6.07) is 2.40. The summed E-state index contributed by atoms with van der Waals surface area (Å²) >= 11 is 0. The molecule has 0 atom stereocenters. The molecule has 98 valence electrons. The van der Waals surface area contributed by atoms with Crippen molar-refractivity contribution in [1.29, 1.82) is 0 Å². The van der Waals surface area contributed by atoms with Crippen molar-refractivity contribution in [3.63, 3.8) is 0 Å². The first-order valence-electron chi connectivity index (χ1n) is 7.09. The summed E-state index contributed by atoms with van der Waals surface area (Å²) < 4.78 is 2.38. The van der Waals surface area contributed by atoms with Gasteiger partial charge in [-0.25, -0.2) is 4.58 Å². The Bertz CT molecular complexity index is 533. The zero-order chi connectivity index (χ0) is 13.7. The molecule has 2 rings (SSSR count). The monoisotopic (exact) mass is 244 g/mol. The second-order valence-electron chi connectivity index (χ2n) is 6.01. The molecule has 0 unspecified atom stereocenters. The fraction of sp³-hybridized carbons (Fsp3) is 0.588. The van der Waals surface area contributed by atoms with Gasteiger partial charge in [-0.2, -0.15) is 0 Å². The molecule has 1 heterocycles. The molecule has 0 radical (unpaired) electrons. The van der Waals surface area contributed by atoms with E-state index >= 15 is 0 Å². The largest absolute Gasteiger partial charge is 0.209 e. The van der Waals surface area contributed by atoms with E-state index in [1.807, 2.05) is 0 Å². The number of benzene rings is 1. The molecule has 0 amide bonds. The van der Waals surface area contributed by atoms with Crippen molar-refractivity contribution in [2.75, 3.05) is 7.05 Å². The lowest BCUT2D eigenvalue weighted by molar-refractivity contribution is -0.403. The Kier molecular flexibility index (Phi) is 3.12. The van der Waals surface area contributed by atoms with Gasteiger partial charge in [-0.1, -0.05) is 13.8 Å². The summed E-state index contributed by atoms with van der Waals surface area (Å²) in [5, 5.41) is 0. The minimum absolute atomic E-state index is 0.173. The zero-order valence-corrected chi connectivity index (χ0v) is 12.9. The Balaban J connectivity index is 2.84. The zero-order valence-electron chi connectivity index (χ0n) is 12.9. The van der Waals surface area contributed by atoms with Crippen molar-refractivity contribution in [2.45, 2.75) is 59.8 Å². The Labute approximate surface area is 112 Å². The molecule has 1 aliphatic rings. The van der Waals surface area contributed by atoms with E-state index in [1.165, 1.54) is 22.5 Å². The van der Waals surface area contributed by atoms with Crippen molar-refractivity contribution in [3.05, 3.63) is 28.3 Å². The maximum atomic E-state index is 2.40. The molecule has 0 spiro atoms. The highest BCUT2D eigenvalue weighted by Gasteiger charge is 2.43. The molecule has 1 heteroatoms. The molecular formula is C17H26N+. The first-order chi connectivity index (χ1) is 8.36. The van der Waals surface area contributed by atoms with E-state index in [-0.39, 0.29) is 5.41 Å². The van der Waals surface area contributed by atoms with Gasteiger partial charge in [0, 0.05) is 18.6 Å². The first-order valence-corrected chi connectivity index (χ1v) is 7.09. The molecule has 0 fully saturated rings. The van der Waals surface area contributed by atoms with E-state index in [2.05, 4.69) is 59.2 Å². The molecule has 1 nitrogen and oxygen atoms in total. The van der Waals surface area contributed by atoms with Crippen LogP contribution in [-0.2, 0) is 18.3 Å². The van der Waals surface area contributed by atoms with Crippen molar-refractivity contribution in [2.24, 2.45) is 0 Å². The summed E-state index contributed by atoms with van der Waals surface area (Å²) in [7, 11) is 2.21. The average Bonchev–Trinajstić information content (AvgIpc) is 2.51. The van der Waals surface area contributed by atoms with Gasteiger partial charge in [-0.3, -0.25) is 0 Å². The van der Waals surface area contributed by atoms with Gasteiger partial charge in [0.2, 0.25) is 5.69 Å². The molecule has 0 bridgehead atoms. The maximum absolute atomic E-state index is 2.40. The molecule has 0 aliphatic carbocycles. The molecular weight excluding hydrogens is 218 g/mol. The fourth-order valence-corrected chi connectivity index (χ4v) is 3.43.